The Morgan fingerprint density at radius 3 is 2.90 bits per heavy atom. The number of aliphatic hydroxyl groups excluding tert-OH is 2. The van der Waals surface area contributed by atoms with Gasteiger partial charge < -0.3 is 15.1 Å². The maximum atomic E-state index is 9.72. The summed E-state index contributed by atoms with van der Waals surface area (Å²) in [7, 11) is 0. The van der Waals surface area contributed by atoms with Gasteiger partial charge in [-0.05, 0) is 25.0 Å². The van der Waals surface area contributed by atoms with E-state index in [1.807, 2.05) is 28.8 Å². The Balaban J connectivity index is 2.06. The molecule has 0 aromatic carbocycles. The lowest BCUT2D eigenvalue weighted by Crippen LogP contribution is -2.38. The van der Waals surface area contributed by atoms with Crippen LogP contribution in [0.5, 0.6) is 0 Å². The van der Waals surface area contributed by atoms with Gasteiger partial charge >= 0.3 is 0 Å². The minimum absolute atomic E-state index is 0.0465. The van der Waals surface area contributed by atoms with Gasteiger partial charge in [0.1, 0.15) is 5.65 Å². The van der Waals surface area contributed by atoms with Crippen LogP contribution < -0.4 is 4.90 Å². The number of aliphatic hydroxyl groups is 2. The third-order valence-electron chi connectivity index (χ3n) is 4.12. The molecule has 0 aliphatic carbocycles. The molecule has 1 saturated heterocycles. The van der Waals surface area contributed by atoms with E-state index in [1.54, 1.807) is 0 Å². The highest BCUT2D eigenvalue weighted by Crippen LogP contribution is 2.27. The highest BCUT2D eigenvalue weighted by atomic mass is 16.3. The standard InChI is InChI=1S/C15H21N3O2/c19-10-12-6-2-1-4-8-17(12)15-13(11-20)18-9-5-3-7-14(18)16-15/h3,5,7,9,12,19-20H,1-2,4,6,8,10-11H2. The molecule has 20 heavy (non-hydrogen) atoms. The van der Waals surface area contributed by atoms with Gasteiger partial charge in [-0.3, -0.25) is 4.40 Å². The molecule has 0 bridgehead atoms. The van der Waals surface area contributed by atoms with Gasteiger partial charge in [0.05, 0.1) is 24.9 Å². The molecule has 2 aromatic rings. The van der Waals surface area contributed by atoms with Crippen molar-refractivity contribution >= 4 is 11.5 Å². The lowest BCUT2D eigenvalue weighted by atomic mass is 10.1. The molecule has 1 atom stereocenters. The van der Waals surface area contributed by atoms with Crippen molar-refractivity contribution in [3.63, 3.8) is 0 Å². The Morgan fingerprint density at radius 1 is 1.20 bits per heavy atom. The largest absolute Gasteiger partial charge is 0.394 e. The molecule has 108 valence electrons. The summed E-state index contributed by atoms with van der Waals surface area (Å²) in [5, 5.41) is 19.4. The molecule has 2 aromatic heterocycles. The van der Waals surface area contributed by atoms with Gasteiger partial charge in [0.15, 0.2) is 5.82 Å². The zero-order valence-electron chi connectivity index (χ0n) is 11.6. The Hall–Kier alpha value is -1.59. The van der Waals surface area contributed by atoms with Gasteiger partial charge in [-0.25, -0.2) is 4.98 Å². The quantitative estimate of drug-likeness (QED) is 0.892. The van der Waals surface area contributed by atoms with E-state index in [0.29, 0.717) is 0 Å². The van der Waals surface area contributed by atoms with Crippen LogP contribution in [0.15, 0.2) is 24.4 Å². The van der Waals surface area contributed by atoms with Crippen molar-refractivity contribution in [2.45, 2.75) is 38.3 Å². The molecule has 1 fully saturated rings. The number of hydrogen-bond acceptors (Lipinski definition) is 4. The van der Waals surface area contributed by atoms with Crippen LogP contribution in [0, 0.1) is 0 Å². The summed E-state index contributed by atoms with van der Waals surface area (Å²) in [6, 6.07) is 5.92. The SMILES string of the molecule is OCc1c(N2CCCCCC2CO)nc2ccccn12. The average Bonchev–Trinajstić information content (AvgIpc) is 2.69. The van der Waals surface area contributed by atoms with E-state index in [9.17, 15) is 10.2 Å². The number of rotatable bonds is 3. The van der Waals surface area contributed by atoms with E-state index in [0.717, 1.165) is 43.0 Å². The van der Waals surface area contributed by atoms with Crippen LogP contribution in [0.25, 0.3) is 5.65 Å². The monoisotopic (exact) mass is 275 g/mol. The number of aromatic nitrogens is 2. The van der Waals surface area contributed by atoms with Crippen molar-refractivity contribution in [2.75, 3.05) is 18.1 Å². The van der Waals surface area contributed by atoms with Crippen LogP contribution in [-0.4, -0.2) is 38.8 Å². The zero-order chi connectivity index (χ0) is 13.9. The number of nitrogens with zero attached hydrogens (tertiary/aromatic N) is 3. The molecule has 1 unspecified atom stereocenters. The van der Waals surface area contributed by atoms with Crippen molar-refractivity contribution in [3.8, 4) is 0 Å². The predicted molar refractivity (Wildman–Crippen MR) is 77.8 cm³/mol. The number of pyridine rings is 1. The van der Waals surface area contributed by atoms with Gasteiger partial charge in [0.25, 0.3) is 0 Å². The summed E-state index contributed by atoms with van der Waals surface area (Å²) in [6.07, 6.45) is 6.34. The number of fused-ring (bicyclic) bond motifs is 1. The van der Waals surface area contributed by atoms with Gasteiger partial charge in [-0.15, -0.1) is 0 Å². The van der Waals surface area contributed by atoms with Crippen LogP contribution in [0.1, 0.15) is 31.4 Å². The third-order valence-corrected chi connectivity index (χ3v) is 4.12. The molecule has 1 aliphatic heterocycles. The summed E-state index contributed by atoms with van der Waals surface area (Å²) in [6.45, 7) is 0.982. The van der Waals surface area contributed by atoms with Crippen molar-refractivity contribution in [1.82, 2.24) is 9.38 Å². The smallest absolute Gasteiger partial charge is 0.153 e. The lowest BCUT2D eigenvalue weighted by molar-refractivity contribution is 0.252. The van der Waals surface area contributed by atoms with Crippen LogP contribution in [0.3, 0.4) is 0 Å². The number of imidazole rings is 1. The molecule has 5 nitrogen and oxygen atoms in total. The molecular formula is C15H21N3O2. The third kappa shape index (κ3) is 2.27. The summed E-state index contributed by atoms with van der Waals surface area (Å²) in [5.41, 5.74) is 1.65. The van der Waals surface area contributed by atoms with E-state index < -0.39 is 0 Å². The number of hydrogen-bond donors (Lipinski definition) is 2. The number of anilines is 1. The van der Waals surface area contributed by atoms with E-state index in [1.165, 1.54) is 6.42 Å². The zero-order valence-corrected chi connectivity index (χ0v) is 11.6. The summed E-state index contributed by atoms with van der Waals surface area (Å²) < 4.78 is 1.93. The Kier molecular flexibility index (Phi) is 3.89. The van der Waals surface area contributed by atoms with E-state index >= 15 is 0 Å². The minimum atomic E-state index is -0.0465. The molecule has 3 heterocycles. The molecule has 3 rings (SSSR count). The molecule has 0 spiro atoms. The molecule has 0 amide bonds. The molecule has 5 heteroatoms. The van der Waals surface area contributed by atoms with E-state index in [-0.39, 0.29) is 19.3 Å². The van der Waals surface area contributed by atoms with Crippen molar-refractivity contribution < 1.29 is 10.2 Å². The lowest BCUT2D eigenvalue weighted by Gasteiger charge is -2.29. The molecule has 1 aliphatic rings. The molecule has 0 radical (unpaired) electrons. The van der Waals surface area contributed by atoms with Crippen molar-refractivity contribution in [3.05, 3.63) is 30.1 Å². The molecule has 0 saturated carbocycles. The molecular weight excluding hydrogens is 254 g/mol. The van der Waals surface area contributed by atoms with Crippen LogP contribution in [-0.2, 0) is 6.61 Å². The maximum Gasteiger partial charge on any atom is 0.153 e. The fraction of sp³-hybridized carbons (Fsp3) is 0.533. The minimum Gasteiger partial charge on any atom is -0.394 e. The van der Waals surface area contributed by atoms with E-state index in [4.69, 9.17) is 0 Å². The first-order valence-corrected chi connectivity index (χ1v) is 7.29. The Morgan fingerprint density at radius 2 is 2.10 bits per heavy atom. The summed E-state index contributed by atoms with van der Waals surface area (Å²) in [5.74, 6) is 0.819. The van der Waals surface area contributed by atoms with Gasteiger partial charge in [0, 0.05) is 12.7 Å². The highest BCUT2D eigenvalue weighted by Gasteiger charge is 2.25. The summed E-state index contributed by atoms with van der Waals surface area (Å²) in [4.78, 5) is 6.84. The Bertz CT molecular complexity index is 582. The van der Waals surface area contributed by atoms with Crippen molar-refractivity contribution in [1.29, 1.82) is 0 Å². The Labute approximate surface area is 118 Å². The first kappa shape index (κ1) is 13.4. The highest BCUT2D eigenvalue weighted by molar-refractivity contribution is 5.56. The van der Waals surface area contributed by atoms with Gasteiger partial charge in [-0.1, -0.05) is 18.9 Å². The van der Waals surface area contributed by atoms with E-state index in [2.05, 4.69) is 9.88 Å². The predicted octanol–water partition coefficient (Wildman–Crippen LogP) is 1.57. The van der Waals surface area contributed by atoms with Crippen LogP contribution in [0.4, 0.5) is 5.82 Å². The average molecular weight is 275 g/mol. The first-order chi connectivity index (χ1) is 9.85. The van der Waals surface area contributed by atoms with Gasteiger partial charge in [0.2, 0.25) is 0 Å². The van der Waals surface area contributed by atoms with Gasteiger partial charge in [-0.2, -0.15) is 0 Å². The second-order valence-corrected chi connectivity index (χ2v) is 5.35. The van der Waals surface area contributed by atoms with Crippen molar-refractivity contribution in [2.24, 2.45) is 0 Å². The first-order valence-electron chi connectivity index (χ1n) is 7.29. The fourth-order valence-corrected chi connectivity index (χ4v) is 3.06. The maximum absolute atomic E-state index is 9.72. The normalized spacial score (nSPS) is 20.3. The summed E-state index contributed by atoms with van der Waals surface area (Å²) >= 11 is 0. The topological polar surface area (TPSA) is 61.0 Å². The van der Waals surface area contributed by atoms with Crippen LogP contribution in [0.2, 0.25) is 0 Å². The second kappa shape index (κ2) is 5.81. The second-order valence-electron chi connectivity index (χ2n) is 5.35. The fourth-order valence-electron chi connectivity index (χ4n) is 3.06. The molecule has 2 N–H and O–H groups in total. The van der Waals surface area contributed by atoms with Crippen LogP contribution >= 0.6 is 0 Å².